The molecule has 0 spiro atoms. The summed E-state index contributed by atoms with van der Waals surface area (Å²) in [5.74, 6) is 0.757. The van der Waals surface area contributed by atoms with Gasteiger partial charge in [0.05, 0.1) is 12.7 Å². The van der Waals surface area contributed by atoms with Crippen LogP contribution in [0, 0.1) is 5.92 Å². The molecule has 1 saturated carbocycles. The summed E-state index contributed by atoms with van der Waals surface area (Å²) in [5.41, 5.74) is 1.24. The Morgan fingerprint density at radius 1 is 1.17 bits per heavy atom. The summed E-state index contributed by atoms with van der Waals surface area (Å²) in [5, 5.41) is 14.2. The highest BCUT2D eigenvalue weighted by Crippen LogP contribution is 2.28. The minimum atomic E-state index is -0.400. The fraction of sp³-hybridized carbons (Fsp3) is 0.667. The van der Waals surface area contributed by atoms with Crippen LogP contribution in [-0.4, -0.2) is 50.1 Å². The van der Waals surface area contributed by atoms with Gasteiger partial charge in [0.2, 0.25) is 0 Å². The van der Waals surface area contributed by atoms with E-state index in [1.54, 1.807) is 0 Å². The summed E-state index contributed by atoms with van der Waals surface area (Å²) < 4.78 is 5.53. The quantitative estimate of drug-likeness (QED) is 0.765. The largest absolute Gasteiger partial charge is 0.389 e. The first kappa shape index (κ1) is 17.0. The van der Waals surface area contributed by atoms with Gasteiger partial charge >= 0.3 is 0 Å². The molecule has 0 aromatic heterocycles. The molecule has 3 rings (SSSR count). The Hall–Kier alpha value is -0.810. The maximum atomic E-state index is 9.96. The molecular formula is C18H27ClN2O2. The van der Waals surface area contributed by atoms with Gasteiger partial charge in [-0.2, -0.15) is 0 Å². The predicted octanol–water partition coefficient (Wildman–Crippen LogP) is 2.69. The average Bonchev–Trinajstić information content (AvgIpc) is 3.39. The number of ether oxygens (including phenoxy) is 1. The number of aliphatic hydroxyl groups is 1. The third-order valence-electron chi connectivity index (χ3n) is 4.69. The Kier molecular flexibility index (Phi) is 6.17. The van der Waals surface area contributed by atoms with Gasteiger partial charge < -0.3 is 20.1 Å². The standard InChI is InChI=1S/C18H27ClN2O2/c19-15-3-5-17(6-4-15)21-9-7-16(8-10-21)20-11-18(22)13-23-12-14-1-2-14/h3-6,14,16,18,20,22H,1-2,7-13H2. The molecule has 1 saturated heterocycles. The average molecular weight is 339 g/mol. The molecule has 1 aliphatic heterocycles. The maximum absolute atomic E-state index is 9.96. The molecule has 23 heavy (non-hydrogen) atoms. The number of hydrogen-bond donors (Lipinski definition) is 2. The Labute approximate surface area is 143 Å². The van der Waals surface area contributed by atoms with E-state index in [1.807, 2.05) is 12.1 Å². The topological polar surface area (TPSA) is 44.7 Å². The van der Waals surface area contributed by atoms with Gasteiger partial charge in [0, 0.05) is 43.0 Å². The molecule has 1 unspecified atom stereocenters. The van der Waals surface area contributed by atoms with Crippen LogP contribution < -0.4 is 10.2 Å². The minimum Gasteiger partial charge on any atom is -0.389 e. The van der Waals surface area contributed by atoms with E-state index in [2.05, 4.69) is 22.3 Å². The van der Waals surface area contributed by atoms with Crippen molar-refractivity contribution in [3.05, 3.63) is 29.3 Å². The van der Waals surface area contributed by atoms with Gasteiger partial charge in [0.25, 0.3) is 0 Å². The highest BCUT2D eigenvalue weighted by Gasteiger charge is 2.22. The maximum Gasteiger partial charge on any atom is 0.0897 e. The van der Waals surface area contributed by atoms with Crippen molar-refractivity contribution in [3.63, 3.8) is 0 Å². The van der Waals surface area contributed by atoms with Crippen LogP contribution in [0.2, 0.25) is 5.02 Å². The Bertz CT molecular complexity index is 470. The molecule has 1 aromatic rings. The monoisotopic (exact) mass is 338 g/mol. The highest BCUT2D eigenvalue weighted by atomic mass is 35.5. The van der Waals surface area contributed by atoms with Crippen LogP contribution >= 0.6 is 11.6 Å². The molecule has 2 aliphatic rings. The molecule has 1 aromatic carbocycles. The van der Waals surface area contributed by atoms with Gasteiger partial charge in [-0.3, -0.25) is 0 Å². The summed E-state index contributed by atoms with van der Waals surface area (Å²) in [6.07, 6.45) is 4.38. The lowest BCUT2D eigenvalue weighted by atomic mass is 10.0. The minimum absolute atomic E-state index is 0.400. The SMILES string of the molecule is OC(CNC1CCN(c2ccc(Cl)cc2)CC1)COCC1CC1. The molecule has 1 heterocycles. The molecule has 0 radical (unpaired) electrons. The number of hydrogen-bond acceptors (Lipinski definition) is 4. The third-order valence-corrected chi connectivity index (χ3v) is 4.94. The number of anilines is 1. The van der Waals surface area contributed by atoms with E-state index in [0.717, 1.165) is 43.5 Å². The second kappa shape index (κ2) is 8.34. The van der Waals surface area contributed by atoms with Crippen molar-refractivity contribution < 1.29 is 9.84 Å². The zero-order valence-corrected chi connectivity index (χ0v) is 14.3. The Morgan fingerprint density at radius 3 is 2.52 bits per heavy atom. The molecule has 128 valence electrons. The zero-order valence-electron chi connectivity index (χ0n) is 13.6. The highest BCUT2D eigenvalue weighted by molar-refractivity contribution is 6.30. The van der Waals surface area contributed by atoms with E-state index in [-0.39, 0.29) is 0 Å². The number of halogens is 1. The number of nitrogens with zero attached hydrogens (tertiary/aromatic N) is 1. The summed E-state index contributed by atoms with van der Waals surface area (Å²) >= 11 is 5.94. The molecule has 2 fully saturated rings. The molecule has 0 amide bonds. The lowest BCUT2D eigenvalue weighted by Crippen LogP contribution is -2.45. The van der Waals surface area contributed by atoms with Gasteiger partial charge in [0.1, 0.15) is 0 Å². The van der Waals surface area contributed by atoms with E-state index >= 15 is 0 Å². The lowest BCUT2D eigenvalue weighted by Gasteiger charge is -2.34. The smallest absolute Gasteiger partial charge is 0.0897 e. The predicted molar refractivity (Wildman–Crippen MR) is 94.2 cm³/mol. The number of aliphatic hydroxyl groups excluding tert-OH is 1. The molecule has 2 N–H and O–H groups in total. The first-order chi connectivity index (χ1) is 11.2. The van der Waals surface area contributed by atoms with E-state index in [9.17, 15) is 5.11 Å². The van der Waals surface area contributed by atoms with Crippen molar-refractivity contribution in [2.24, 2.45) is 5.92 Å². The van der Waals surface area contributed by atoms with Crippen molar-refractivity contribution >= 4 is 17.3 Å². The van der Waals surface area contributed by atoms with Gasteiger partial charge in [-0.1, -0.05) is 11.6 Å². The van der Waals surface area contributed by atoms with Crippen LogP contribution in [0.25, 0.3) is 0 Å². The van der Waals surface area contributed by atoms with Gasteiger partial charge in [-0.15, -0.1) is 0 Å². The van der Waals surface area contributed by atoms with Crippen LogP contribution in [0.5, 0.6) is 0 Å². The van der Waals surface area contributed by atoms with Crippen LogP contribution in [0.3, 0.4) is 0 Å². The molecule has 5 heteroatoms. The summed E-state index contributed by atoms with van der Waals surface area (Å²) in [6.45, 7) is 3.96. The Morgan fingerprint density at radius 2 is 1.87 bits per heavy atom. The lowest BCUT2D eigenvalue weighted by molar-refractivity contribution is 0.0309. The Balaban J connectivity index is 1.31. The van der Waals surface area contributed by atoms with Gasteiger partial charge in [-0.25, -0.2) is 0 Å². The van der Waals surface area contributed by atoms with Crippen LogP contribution in [0.1, 0.15) is 25.7 Å². The van der Waals surface area contributed by atoms with Crippen molar-refractivity contribution in [3.8, 4) is 0 Å². The molecular weight excluding hydrogens is 312 g/mol. The summed E-state index contributed by atoms with van der Waals surface area (Å²) in [4.78, 5) is 2.39. The fourth-order valence-corrected chi connectivity index (χ4v) is 3.14. The number of piperidine rings is 1. The molecule has 1 aliphatic carbocycles. The fourth-order valence-electron chi connectivity index (χ4n) is 3.01. The van der Waals surface area contributed by atoms with Gasteiger partial charge in [0.15, 0.2) is 0 Å². The normalized spacial score (nSPS) is 20.7. The summed E-state index contributed by atoms with van der Waals surface area (Å²) in [6, 6.07) is 8.53. The number of benzene rings is 1. The molecule has 1 atom stereocenters. The van der Waals surface area contributed by atoms with Crippen LogP contribution in [0.4, 0.5) is 5.69 Å². The van der Waals surface area contributed by atoms with E-state index in [4.69, 9.17) is 16.3 Å². The number of rotatable bonds is 8. The molecule has 4 nitrogen and oxygen atoms in total. The van der Waals surface area contributed by atoms with E-state index < -0.39 is 6.10 Å². The van der Waals surface area contributed by atoms with E-state index in [1.165, 1.54) is 18.5 Å². The number of nitrogens with one attached hydrogen (secondary N) is 1. The van der Waals surface area contributed by atoms with Crippen LogP contribution in [-0.2, 0) is 4.74 Å². The second-order valence-corrected chi connectivity index (χ2v) is 7.22. The van der Waals surface area contributed by atoms with Crippen molar-refractivity contribution in [2.45, 2.75) is 37.8 Å². The van der Waals surface area contributed by atoms with Crippen molar-refractivity contribution in [1.82, 2.24) is 5.32 Å². The first-order valence-electron chi connectivity index (χ1n) is 8.70. The van der Waals surface area contributed by atoms with Crippen molar-refractivity contribution in [1.29, 1.82) is 0 Å². The zero-order chi connectivity index (χ0) is 16.1. The summed E-state index contributed by atoms with van der Waals surface area (Å²) in [7, 11) is 0. The first-order valence-corrected chi connectivity index (χ1v) is 9.08. The molecule has 0 bridgehead atoms. The van der Waals surface area contributed by atoms with Gasteiger partial charge in [-0.05, 0) is 55.9 Å². The van der Waals surface area contributed by atoms with E-state index in [0.29, 0.717) is 19.2 Å². The van der Waals surface area contributed by atoms with Crippen molar-refractivity contribution in [2.75, 3.05) is 37.7 Å². The second-order valence-electron chi connectivity index (χ2n) is 6.78. The third kappa shape index (κ3) is 5.64. The van der Waals surface area contributed by atoms with Crippen LogP contribution in [0.15, 0.2) is 24.3 Å².